The second-order valence-electron chi connectivity index (χ2n) is 7.29. The molecule has 4 rings (SSSR count). The summed E-state index contributed by atoms with van der Waals surface area (Å²) < 4.78 is 45.4. The van der Waals surface area contributed by atoms with E-state index in [9.17, 15) is 17.6 Å². The van der Waals surface area contributed by atoms with Gasteiger partial charge in [-0.1, -0.05) is 12.1 Å². The van der Waals surface area contributed by atoms with E-state index in [-0.39, 0.29) is 16.6 Å². The molecular weight excluding hydrogens is 407 g/mol. The fourth-order valence-corrected chi connectivity index (χ4v) is 5.15. The van der Waals surface area contributed by atoms with Gasteiger partial charge in [0, 0.05) is 31.4 Å². The monoisotopic (exact) mass is 430 g/mol. The number of nitrogens with zero attached hydrogens (tertiary/aromatic N) is 2. The largest absolute Gasteiger partial charge is 0.379 e. The molecule has 0 atom stereocenters. The van der Waals surface area contributed by atoms with Crippen molar-refractivity contribution in [2.75, 3.05) is 37.7 Å². The van der Waals surface area contributed by atoms with E-state index in [4.69, 9.17) is 4.74 Å². The van der Waals surface area contributed by atoms with Gasteiger partial charge in [0.1, 0.15) is 5.82 Å². The summed E-state index contributed by atoms with van der Waals surface area (Å²) in [5.74, 6) is -0.488. The molecule has 0 bridgehead atoms. The van der Waals surface area contributed by atoms with Crippen LogP contribution in [-0.2, 0) is 26.0 Å². The molecule has 2 heterocycles. The normalized spacial score (nSPS) is 17.8. The number of fused-ring (bicyclic) bond motifs is 1. The van der Waals surface area contributed by atoms with Crippen molar-refractivity contribution in [1.82, 2.24) is 4.31 Å². The Morgan fingerprint density at radius 1 is 1.03 bits per heavy atom. The zero-order chi connectivity index (χ0) is 21.1. The zero-order valence-electron chi connectivity index (χ0n) is 16.5. The molecule has 0 spiro atoms. The Hall–Kier alpha value is -2.55. The lowest BCUT2D eigenvalue weighted by Gasteiger charge is -2.28. The minimum absolute atomic E-state index is 0.187. The Bertz CT molecular complexity index is 1060. The Morgan fingerprint density at radius 3 is 2.50 bits per heavy atom. The van der Waals surface area contributed by atoms with Crippen molar-refractivity contribution in [2.24, 2.45) is 0 Å². The Labute approximate surface area is 175 Å². The quantitative estimate of drug-likeness (QED) is 0.700. The summed E-state index contributed by atoms with van der Waals surface area (Å²) in [6.07, 6.45) is 4.65. The first-order chi connectivity index (χ1) is 14.4. The molecule has 158 valence electrons. The number of ether oxygens (including phenoxy) is 1. The molecular formula is C22H23FN2O4S. The molecule has 1 fully saturated rings. The lowest BCUT2D eigenvalue weighted by atomic mass is 10.0. The molecule has 0 aliphatic carbocycles. The van der Waals surface area contributed by atoms with Crippen LogP contribution in [0.25, 0.3) is 6.08 Å². The van der Waals surface area contributed by atoms with Gasteiger partial charge >= 0.3 is 0 Å². The number of halogens is 1. The van der Waals surface area contributed by atoms with Crippen molar-refractivity contribution in [2.45, 2.75) is 17.7 Å². The van der Waals surface area contributed by atoms with Gasteiger partial charge in [-0.3, -0.25) is 4.79 Å². The lowest BCUT2D eigenvalue weighted by Crippen LogP contribution is -2.40. The zero-order valence-corrected chi connectivity index (χ0v) is 17.3. The first-order valence-corrected chi connectivity index (χ1v) is 11.4. The minimum Gasteiger partial charge on any atom is -0.379 e. The second-order valence-corrected chi connectivity index (χ2v) is 9.22. The number of benzene rings is 2. The summed E-state index contributed by atoms with van der Waals surface area (Å²) in [4.78, 5) is 14.5. The van der Waals surface area contributed by atoms with E-state index in [0.717, 1.165) is 29.7 Å². The predicted octanol–water partition coefficient (Wildman–Crippen LogP) is 2.84. The number of carbonyl (C=O) groups excluding carboxylic acids is 1. The summed E-state index contributed by atoms with van der Waals surface area (Å²) in [6.45, 7) is 2.07. The van der Waals surface area contributed by atoms with Gasteiger partial charge in [-0.15, -0.1) is 0 Å². The van der Waals surface area contributed by atoms with Crippen LogP contribution in [0.4, 0.5) is 10.1 Å². The van der Waals surface area contributed by atoms with E-state index in [1.165, 1.54) is 22.5 Å². The average Bonchev–Trinajstić information content (AvgIpc) is 2.77. The lowest BCUT2D eigenvalue weighted by molar-refractivity contribution is -0.114. The van der Waals surface area contributed by atoms with Crippen LogP contribution in [-0.4, -0.2) is 51.5 Å². The van der Waals surface area contributed by atoms with E-state index >= 15 is 0 Å². The number of rotatable bonds is 4. The van der Waals surface area contributed by atoms with Crippen LogP contribution in [0, 0.1) is 5.82 Å². The van der Waals surface area contributed by atoms with Crippen molar-refractivity contribution in [3.8, 4) is 0 Å². The maximum Gasteiger partial charge on any atom is 0.250 e. The van der Waals surface area contributed by atoms with E-state index in [2.05, 4.69) is 0 Å². The number of carbonyl (C=O) groups is 1. The van der Waals surface area contributed by atoms with Crippen LogP contribution in [0.1, 0.15) is 17.5 Å². The highest BCUT2D eigenvalue weighted by Crippen LogP contribution is 2.28. The second kappa shape index (κ2) is 8.67. The smallest absolute Gasteiger partial charge is 0.250 e. The summed E-state index contributed by atoms with van der Waals surface area (Å²) >= 11 is 0. The Balaban J connectivity index is 1.47. The number of aryl methyl sites for hydroxylation is 1. The molecule has 2 aliphatic rings. The van der Waals surface area contributed by atoms with E-state index in [1.807, 2.05) is 0 Å². The SMILES string of the molecule is O=C(/C=C/c1ccc(S(=O)(=O)N2CCOCC2)cc1)N1CCCc2cc(F)ccc21. The van der Waals surface area contributed by atoms with E-state index in [1.54, 1.807) is 41.3 Å². The van der Waals surface area contributed by atoms with E-state index in [0.29, 0.717) is 32.8 Å². The summed E-state index contributed by atoms with van der Waals surface area (Å²) in [5.41, 5.74) is 2.30. The molecule has 2 aromatic carbocycles. The molecule has 30 heavy (non-hydrogen) atoms. The average molecular weight is 431 g/mol. The topological polar surface area (TPSA) is 66.9 Å². The molecule has 0 N–H and O–H groups in total. The molecule has 1 saturated heterocycles. The fourth-order valence-electron chi connectivity index (χ4n) is 3.74. The van der Waals surface area contributed by atoms with Gasteiger partial charge in [0.05, 0.1) is 18.1 Å². The van der Waals surface area contributed by atoms with Crippen LogP contribution in [0.2, 0.25) is 0 Å². The first kappa shape index (κ1) is 20.7. The molecule has 0 unspecified atom stereocenters. The highest BCUT2D eigenvalue weighted by molar-refractivity contribution is 7.89. The van der Waals surface area contributed by atoms with Gasteiger partial charge in [-0.2, -0.15) is 4.31 Å². The molecule has 2 aliphatic heterocycles. The minimum atomic E-state index is -3.54. The third-order valence-electron chi connectivity index (χ3n) is 5.33. The summed E-state index contributed by atoms with van der Waals surface area (Å²) in [6, 6.07) is 10.9. The Morgan fingerprint density at radius 2 is 1.77 bits per heavy atom. The van der Waals surface area contributed by atoms with E-state index < -0.39 is 10.0 Å². The first-order valence-electron chi connectivity index (χ1n) is 9.91. The van der Waals surface area contributed by atoms with Crippen molar-refractivity contribution in [3.63, 3.8) is 0 Å². The van der Waals surface area contributed by atoms with Crippen LogP contribution in [0.5, 0.6) is 0 Å². The number of morpholine rings is 1. The van der Waals surface area contributed by atoms with Gasteiger partial charge in [0.2, 0.25) is 10.0 Å². The highest BCUT2D eigenvalue weighted by Gasteiger charge is 2.26. The van der Waals surface area contributed by atoms with Gasteiger partial charge < -0.3 is 9.64 Å². The van der Waals surface area contributed by atoms with Crippen LogP contribution >= 0.6 is 0 Å². The molecule has 6 nitrogen and oxygen atoms in total. The molecule has 8 heteroatoms. The number of anilines is 1. The summed E-state index contributed by atoms with van der Waals surface area (Å²) in [7, 11) is -3.54. The van der Waals surface area contributed by atoms with Gasteiger partial charge in [-0.25, -0.2) is 12.8 Å². The highest BCUT2D eigenvalue weighted by atomic mass is 32.2. The van der Waals surface area contributed by atoms with Gasteiger partial charge in [0.15, 0.2) is 0 Å². The Kier molecular flexibility index (Phi) is 5.99. The fraction of sp³-hybridized carbons (Fsp3) is 0.318. The maximum absolute atomic E-state index is 13.5. The van der Waals surface area contributed by atoms with Crippen molar-refractivity contribution in [1.29, 1.82) is 0 Å². The standard InChI is InChI=1S/C22H23FN2O4S/c23-19-6-9-21-18(16-19)2-1-11-25(21)22(26)10-5-17-3-7-20(8-4-17)30(27,28)24-12-14-29-15-13-24/h3-10,16H,1-2,11-15H2/b10-5+. The molecule has 2 aromatic rings. The summed E-state index contributed by atoms with van der Waals surface area (Å²) in [5, 5.41) is 0. The molecule has 0 radical (unpaired) electrons. The van der Waals surface area contributed by atoms with Crippen LogP contribution < -0.4 is 4.90 Å². The van der Waals surface area contributed by atoms with Crippen LogP contribution in [0.3, 0.4) is 0 Å². The van der Waals surface area contributed by atoms with Crippen molar-refractivity contribution in [3.05, 3.63) is 65.5 Å². The third kappa shape index (κ3) is 4.30. The van der Waals surface area contributed by atoms with Crippen LogP contribution in [0.15, 0.2) is 53.4 Å². The third-order valence-corrected chi connectivity index (χ3v) is 7.25. The number of hydrogen-bond donors (Lipinski definition) is 0. The number of amides is 1. The predicted molar refractivity (Wildman–Crippen MR) is 112 cm³/mol. The molecule has 0 aromatic heterocycles. The van der Waals surface area contributed by atoms with Gasteiger partial charge in [0.25, 0.3) is 5.91 Å². The maximum atomic E-state index is 13.5. The molecule has 1 amide bonds. The number of sulfonamides is 1. The van der Waals surface area contributed by atoms with Crippen molar-refractivity contribution < 1.29 is 22.3 Å². The van der Waals surface area contributed by atoms with Gasteiger partial charge in [-0.05, 0) is 60.4 Å². The molecule has 0 saturated carbocycles. The number of hydrogen-bond acceptors (Lipinski definition) is 4. The van der Waals surface area contributed by atoms with Crippen molar-refractivity contribution >= 4 is 27.7 Å².